The summed E-state index contributed by atoms with van der Waals surface area (Å²) in [4.78, 5) is 21.5. The van der Waals surface area contributed by atoms with Gasteiger partial charge in [-0.2, -0.15) is 9.78 Å². The summed E-state index contributed by atoms with van der Waals surface area (Å²) < 4.78 is 0. The fourth-order valence-corrected chi connectivity index (χ4v) is 1.19. The molecule has 0 amide bonds. The normalized spacial score (nSPS) is 19.2. The van der Waals surface area contributed by atoms with E-state index in [0.29, 0.717) is 6.42 Å². The van der Waals surface area contributed by atoms with Gasteiger partial charge in [-0.05, 0) is 53.9 Å². The van der Waals surface area contributed by atoms with E-state index in [1.807, 2.05) is 41.5 Å². The first-order valence-corrected chi connectivity index (χ1v) is 6.36. The molecule has 18 heavy (non-hydrogen) atoms. The van der Waals surface area contributed by atoms with Crippen LogP contribution in [0.1, 0.15) is 60.8 Å². The molecule has 0 aromatic carbocycles. The van der Waals surface area contributed by atoms with Crippen LogP contribution in [-0.4, -0.2) is 17.0 Å². The minimum absolute atomic E-state index is 0.419. The fraction of sp³-hybridized carbons (Fsp3) is 0.857. The van der Waals surface area contributed by atoms with E-state index >= 15 is 0 Å². The second-order valence-corrected chi connectivity index (χ2v) is 6.47. The van der Waals surface area contributed by atoms with E-state index in [1.165, 1.54) is 0 Å². The maximum atomic E-state index is 5.41. The van der Waals surface area contributed by atoms with Gasteiger partial charge in [0.2, 0.25) is 0 Å². The van der Waals surface area contributed by atoms with Crippen LogP contribution in [-0.2, 0) is 19.6 Å². The first kappa shape index (κ1) is 15.5. The van der Waals surface area contributed by atoms with Gasteiger partial charge < -0.3 is 0 Å². The van der Waals surface area contributed by atoms with Gasteiger partial charge in [-0.25, -0.2) is 9.78 Å². The minimum atomic E-state index is -1.11. The van der Waals surface area contributed by atoms with Gasteiger partial charge in [0.15, 0.2) is 0 Å². The summed E-state index contributed by atoms with van der Waals surface area (Å²) in [6.07, 6.45) is 2.37. The molecule has 0 spiro atoms. The third kappa shape index (κ3) is 5.83. The fourth-order valence-electron chi connectivity index (χ4n) is 1.19. The van der Waals surface area contributed by atoms with Crippen LogP contribution < -0.4 is 0 Å². The molecule has 0 N–H and O–H groups in total. The Kier molecular flexibility index (Phi) is 4.79. The molecule has 0 aromatic heterocycles. The molecule has 0 unspecified atom stereocenters. The first-order valence-electron chi connectivity index (χ1n) is 6.36. The van der Waals surface area contributed by atoms with Crippen molar-refractivity contribution in [3.05, 3.63) is 0 Å². The zero-order chi connectivity index (χ0) is 13.9. The molecular formula is C14H24O4. The molecule has 0 saturated carbocycles. The van der Waals surface area contributed by atoms with Crippen LogP contribution in [0.3, 0.4) is 0 Å². The molecule has 0 heterocycles. The van der Waals surface area contributed by atoms with Gasteiger partial charge in [-0.15, -0.1) is 0 Å². The second-order valence-electron chi connectivity index (χ2n) is 6.47. The molecule has 1 rings (SSSR count). The Morgan fingerprint density at radius 1 is 0.889 bits per heavy atom. The molecule has 0 fully saturated rings. The SMILES string of the molecule is CC(C)(C)OOC1(OOC(C)(C)C)C#CCCC1. The molecule has 4 nitrogen and oxygen atoms in total. The lowest BCUT2D eigenvalue weighted by Gasteiger charge is -2.32. The van der Waals surface area contributed by atoms with Crippen molar-refractivity contribution in [2.24, 2.45) is 0 Å². The molecule has 1 aliphatic carbocycles. The van der Waals surface area contributed by atoms with E-state index in [1.54, 1.807) is 0 Å². The number of rotatable bonds is 4. The van der Waals surface area contributed by atoms with Crippen molar-refractivity contribution < 1.29 is 19.6 Å². The molecule has 104 valence electrons. The van der Waals surface area contributed by atoms with E-state index in [4.69, 9.17) is 19.6 Å². The maximum Gasteiger partial charge on any atom is 0.293 e. The lowest BCUT2D eigenvalue weighted by molar-refractivity contribution is -0.525. The smallest absolute Gasteiger partial charge is 0.227 e. The molecular weight excluding hydrogens is 232 g/mol. The molecule has 0 aliphatic heterocycles. The first-order chi connectivity index (χ1) is 8.12. The van der Waals surface area contributed by atoms with Crippen LogP contribution in [0.25, 0.3) is 0 Å². The monoisotopic (exact) mass is 256 g/mol. The Morgan fingerprint density at radius 3 is 1.72 bits per heavy atom. The van der Waals surface area contributed by atoms with Gasteiger partial charge in [-0.3, -0.25) is 0 Å². The largest absolute Gasteiger partial charge is 0.293 e. The van der Waals surface area contributed by atoms with Gasteiger partial charge in [0.05, 0.1) is 11.2 Å². The highest BCUT2D eigenvalue weighted by atomic mass is 17.3. The summed E-state index contributed by atoms with van der Waals surface area (Å²) in [5.74, 6) is 4.81. The molecule has 1 aliphatic rings. The summed E-state index contributed by atoms with van der Waals surface area (Å²) in [6.45, 7) is 11.4. The Balaban J connectivity index is 2.66. The summed E-state index contributed by atoms with van der Waals surface area (Å²) >= 11 is 0. The van der Waals surface area contributed by atoms with Crippen molar-refractivity contribution in [1.29, 1.82) is 0 Å². The summed E-state index contributed by atoms with van der Waals surface area (Å²) in [5, 5.41) is 0. The quantitative estimate of drug-likeness (QED) is 0.334. The highest BCUT2D eigenvalue weighted by molar-refractivity contribution is 5.13. The van der Waals surface area contributed by atoms with Crippen LogP contribution in [0.5, 0.6) is 0 Å². The molecule has 0 radical (unpaired) electrons. The molecule has 0 atom stereocenters. The van der Waals surface area contributed by atoms with Crippen LogP contribution in [0.4, 0.5) is 0 Å². The van der Waals surface area contributed by atoms with Crippen molar-refractivity contribution in [3.63, 3.8) is 0 Å². The van der Waals surface area contributed by atoms with Crippen molar-refractivity contribution in [3.8, 4) is 11.8 Å². The zero-order valence-electron chi connectivity index (χ0n) is 12.3. The molecule has 0 aromatic rings. The molecule has 0 bridgehead atoms. The van der Waals surface area contributed by atoms with Crippen molar-refractivity contribution in [2.75, 3.05) is 0 Å². The van der Waals surface area contributed by atoms with Gasteiger partial charge in [-0.1, -0.05) is 5.92 Å². The predicted octanol–water partition coefficient (Wildman–Crippen LogP) is 3.36. The van der Waals surface area contributed by atoms with Crippen molar-refractivity contribution >= 4 is 0 Å². The van der Waals surface area contributed by atoms with Crippen LogP contribution >= 0.6 is 0 Å². The molecule has 0 saturated heterocycles. The van der Waals surface area contributed by atoms with E-state index in [2.05, 4.69) is 11.8 Å². The number of hydrogen-bond acceptors (Lipinski definition) is 4. The van der Waals surface area contributed by atoms with Gasteiger partial charge in [0, 0.05) is 12.8 Å². The van der Waals surface area contributed by atoms with Gasteiger partial charge >= 0.3 is 0 Å². The average molecular weight is 256 g/mol. The van der Waals surface area contributed by atoms with E-state index in [0.717, 1.165) is 12.8 Å². The Morgan fingerprint density at radius 2 is 1.39 bits per heavy atom. The Hall–Kier alpha value is -0.600. The zero-order valence-corrected chi connectivity index (χ0v) is 12.3. The predicted molar refractivity (Wildman–Crippen MR) is 68.2 cm³/mol. The van der Waals surface area contributed by atoms with E-state index in [9.17, 15) is 0 Å². The number of hydrogen-bond donors (Lipinski definition) is 0. The van der Waals surface area contributed by atoms with Crippen LogP contribution in [0.15, 0.2) is 0 Å². The lowest BCUT2D eigenvalue weighted by atomic mass is 10.0. The lowest BCUT2D eigenvalue weighted by Crippen LogP contribution is -2.40. The van der Waals surface area contributed by atoms with E-state index in [-0.39, 0.29) is 0 Å². The minimum Gasteiger partial charge on any atom is -0.227 e. The molecule has 4 heteroatoms. The summed E-state index contributed by atoms with van der Waals surface area (Å²) in [6, 6.07) is 0. The van der Waals surface area contributed by atoms with E-state index < -0.39 is 17.0 Å². The Labute approximate surface area is 110 Å². The summed E-state index contributed by atoms with van der Waals surface area (Å²) in [5.41, 5.74) is -0.839. The third-order valence-corrected chi connectivity index (χ3v) is 1.94. The standard InChI is InChI=1S/C14H24O4/c1-12(2,3)15-17-14(10-8-7-9-11-14)18-16-13(4,5)6/h7-8,10H2,1-6H3. The van der Waals surface area contributed by atoms with Crippen molar-refractivity contribution in [2.45, 2.75) is 77.8 Å². The highest BCUT2D eigenvalue weighted by Crippen LogP contribution is 2.28. The van der Waals surface area contributed by atoms with Gasteiger partial charge in [0.25, 0.3) is 5.79 Å². The highest BCUT2D eigenvalue weighted by Gasteiger charge is 2.37. The van der Waals surface area contributed by atoms with Crippen LogP contribution in [0.2, 0.25) is 0 Å². The van der Waals surface area contributed by atoms with Gasteiger partial charge in [0.1, 0.15) is 0 Å². The second kappa shape index (κ2) is 5.58. The maximum absolute atomic E-state index is 5.41. The average Bonchev–Trinajstić information content (AvgIpc) is 2.24. The van der Waals surface area contributed by atoms with Crippen LogP contribution in [0, 0.1) is 11.8 Å². The Bertz CT molecular complexity index is 306. The third-order valence-electron chi connectivity index (χ3n) is 1.94. The van der Waals surface area contributed by atoms with Crippen molar-refractivity contribution in [1.82, 2.24) is 0 Å². The summed E-state index contributed by atoms with van der Waals surface area (Å²) in [7, 11) is 0. The topological polar surface area (TPSA) is 36.9 Å².